The number of piperazine rings is 1. The molecule has 0 radical (unpaired) electrons. The molecule has 14 nitrogen and oxygen atoms in total. The van der Waals surface area contributed by atoms with Gasteiger partial charge in [0.25, 0.3) is 0 Å². The highest BCUT2D eigenvalue weighted by Crippen LogP contribution is 2.33. The summed E-state index contributed by atoms with van der Waals surface area (Å²) < 4.78 is 6.88. The molecule has 4 aromatic heterocycles. The summed E-state index contributed by atoms with van der Waals surface area (Å²) in [5, 5.41) is 11.7. The van der Waals surface area contributed by atoms with Crippen molar-refractivity contribution in [2.24, 2.45) is 7.05 Å². The smallest absolute Gasteiger partial charge is 0.238 e. The molecule has 2 aliphatic heterocycles. The lowest BCUT2D eigenvalue weighted by molar-refractivity contribution is -0.117. The molecule has 0 spiro atoms. The first kappa shape index (κ1) is 32.8. The number of aromatic nitrogens is 7. The standard InChI is InChI=1S/C24H28N8O.C10H16N4O/c1-15-12-26-24(28-20-11-16(2)31(3)30-20)29-22(15)18-13-25-23-17(18)7-6-8-19(23)27-21(33)14-32-9-4-5-10-32;1-13-5-7-14(8-6-13)10-11-4-3-9(12-10)15-2/h6-8,11-13,25H,4-5,9-10,14H2,1-3H3,(H,27,33)(H,26,28,29,30);3-4H,5-8H2,1-2H3. The van der Waals surface area contributed by atoms with E-state index in [-0.39, 0.29) is 5.91 Å². The summed E-state index contributed by atoms with van der Waals surface area (Å²) >= 11 is 0. The first-order valence-electron chi connectivity index (χ1n) is 16.3. The lowest BCUT2D eigenvalue weighted by Crippen LogP contribution is -2.45. The van der Waals surface area contributed by atoms with Crippen LogP contribution in [0.2, 0.25) is 0 Å². The Bertz CT molecular complexity index is 1830. The third-order valence-corrected chi connectivity index (χ3v) is 8.75. The number of aryl methyl sites for hydroxylation is 3. The number of carbonyl (C=O) groups excluding carboxylic acids is 1. The van der Waals surface area contributed by atoms with Gasteiger partial charge in [-0.1, -0.05) is 12.1 Å². The number of nitrogens with one attached hydrogen (secondary N) is 3. The van der Waals surface area contributed by atoms with Gasteiger partial charge in [0, 0.05) is 80.6 Å². The van der Waals surface area contributed by atoms with Crippen LogP contribution in [0.4, 0.5) is 23.4 Å². The number of likely N-dealkylation sites (tertiary alicyclic amines) is 1. The minimum absolute atomic E-state index is 0.0101. The summed E-state index contributed by atoms with van der Waals surface area (Å²) in [6.45, 7) is 10.5. The number of hydrogen-bond donors (Lipinski definition) is 3. The van der Waals surface area contributed by atoms with E-state index in [0.717, 1.165) is 97.2 Å². The lowest BCUT2D eigenvalue weighted by Gasteiger charge is -2.32. The van der Waals surface area contributed by atoms with Crippen LogP contribution in [0.3, 0.4) is 0 Å². The summed E-state index contributed by atoms with van der Waals surface area (Å²) in [5.74, 6) is 2.59. The molecule has 0 unspecified atom stereocenters. The van der Waals surface area contributed by atoms with Crippen LogP contribution in [0, 0.1) is 13.8 Å². The van der Waals surface area contributed by atoms with E-state index in [2.05, 4.69) is 57.4 Å². The van der Waals surface area contributed by atoms with Crippen molar-refractivity contribution in [3.8, 4) is 17.1 Å². The van der Waals surface area contributed by atoms with Crippen LogP contribution in [0.5, 0.6) is 5.88 Å². The van der Waals surface area contributed by atoms with Gasteiger partial charge in [0.15, 0.2) is 5.82 Å². The molecule has 3 N–H and O–H groups in total. The average molecular weight is 653 g/mol. The highest BCUT2D eigenvalue weighted by atomic mass is 16.5. The number of rotatable bonds is 8. The third-order valence-electron chi connectivity index (χ3n) is 8.75. The molecular formula is C34H44N12O2. The van der Waals surface area contributed by atoms with E-state index in [4.69, 9.17) is 9.72 Å². The van der Waals surface area contributed by atoms with Gasteiger partial charge in [-0.25, -0.2) is 15.0 Å². The van der Waals surface area contributed by atoms with Crippen molar-refractivity contribution in [3.05, 3.63) is 60.2 Å². The minimum atomic E-state index is 0.0101. The summed E-state index contributed by atoms with van der Waals surface area (Å²) in [6, 6.07) is 9.63. The van der Waals surface area contributed by atoms with Crippen LogP contribution in [0.25, 0.3) is 22.2 Å². The number of para-hydroxylation sites is 1. The Balaban J connectivity index is 0.000000223. The molecule has 252 valence electrons. The molecule has 5 aromatic rings. The summed E-state index contributed by atoms with van der Waals surface area (Å²) in [6.07, 6.45) is 7.81. The number of nitrogens with zero attached hydrogens (tertiary/aromatic N) is 9. The van der Waals surface area contributed by atoms with Crippen molar-refractivity contribution in [2.45, 2.75) is 26.7 Å². The fraction of sp³-hybridized carbons (Fsp3) is 0.412. The zero-order valence-electron chi connectivity index (χ0n) is 28.3. The number of anilines is 4. The maximum atomic E-state index is 12.6. The molecule has 2 aliphatic rings. The number of ether oxygens (including phenoxy) is 1. The monoisotopic (exact) mass is 652 g/mol. The van der Waals surface area contributed by atoms with Gasteiger partial charge >= 0.3 is 0 Å². The minimum Gasteiger partial charge on any atom is -0.481 e. The van der Waals surface area contributed by atoms with E-state index in [1.54, 1.807) is 30.3 Å². The molecule has 2 saturated heterocycles. The van der Waals surface area contributed by atoms with Crippen molar-refractivity contribution >= 4 is 40.2 Å². The van der Waals surface area contributed by atoms with Crippen molar-refractivity contribution < 1.29 is 9.53 Å². The molecule has 0 saturated carbocycles. The molecule has 48 heavy (non-hydrogen) atoms. The molecule has 0 aliphatic carbocycles. The largest absolute Gasteiger partial charge is 0.481 e. The number of benzene rings is 1. The second kappa shape index (κ2) is 14.8. The number of fused-ring (bicyclic) bond motifs is 1. The summed E-state index contributed by atoms with van der Waals surface area (Å²) in [5.41, 5.74) is 5.45. The van der Waals surface area contributed by atoms with Crippen molar-refractivity contribution in [1.82, 2.24) is 44.5 Å². The second-order valence-corrected chi connectivity index (χ2v) is 12.3. The van der Waals surface area contributed by atoms with Crippen LogP contribution in [0.15, 0.2) is 48.9 Å². The summed E-state index contributed by atoms with van der Waals surface area (Å²) in [7, 11) is 5.65. The molecule has 1 aromatic carbocycles. The van der Waals surface area contributed by atoms with Crippen LogP contribution < -0.4 is 20.3 Å². The Kier molecular flexibility index (Phi) is 10.1. The van der Waals surface area contributed by atoms with Gasteiger partial charge in [-0.3, -0.25) is 14.4 Å². The van der Waals surface area contributed by atoms with Crippen LogP contribution in [0.1, 0.15) is 24.1 Å². The van der Waals surface area contributed by atoms with Crippen molar-refractivity contribution in [3.63, 3.8) is 0 Å². The van der Waals surface area contributed by atoms with E-state index < -0.39 is 0 Å². The Morgan fingerprint density at radius 2 is 1.79 bits per heavy atom. The number of carbonyl (C=O) groups is 1. The van der Waals surface area contributed by atoms with Crippen LogP contribution >= 0.6 is 0 Å². The molecule has 0 bridgehead atoms. The predicted octanol–water partition coefficient (Wildman–Crippen LogP) is 3.99. The van der Waals surface area contributed by atoms with E-state index in [9.17, 15) is 4.79 Å². The molecule has 6 heterocycles. The Hall–Kier alpha value is -5.08. The maximum absolute atomic E-state index is 12.6. The van der Waals surface area contributed by atoms with E-state index in [1.807, 2.05) is 51.4 Å². The molecule has 7 rings (SSSR count). The zero-order chi connectivity index (χ0) is 33.6. The van der Waals surface area contributed by atoms with Crippen LogP contribution in [-0.2, 0) is 11.8 Å². The Morgan fingerprint density at radius 3 is 2.52 bits per heavy atom. The van der Waals surface area contributed by atoms with Gasteiger partial charge < -0.3 is 30.2 Å². The quantitative estimate of drug-likeness (QED) is 0.224. The van der Waals surface area contributed by atoms with E-state index in [0.29, 0.717) is 24.2 Å². The van der Waals surface area contributed by atoms with Gasteiger partial charge in [-0.05, 0) is 58.5 Å². The first-order valence-corrected chi connectivity index (χ1v) is 16.3. The number of amides is 1. The highest BCUT2D eigenvalue weighted by Gasteiger charge is 2.19. The van der Waals surface area contributed by atoms with Gasteiger partial charge in [0.1, 0.15) is 0 Å². The van der Waals surface area contributed by atoms with Gasteiger partial charge in [-0.2, -0.15) is 10.1 Å². The molecule has 0 atom stereocenters. The molecule has 2 fully saturated rings. The topological polar surface area (TPSA) is 145 Å². The zero-order valence-corrected chi connectivity index (χ0v) is 28.3. The fourth-order valence-corrected chi connectivity index (χ4v) is 5.90. The van der Waals surface area contributed by atoms with Gasteiger partial charge in [-0.15, -0.1) is 0 Å². The number of H-pyrrole nitrogens is 1. The lowest BCUT2D eigenvalue weighted by atomic mass is 10.1. The molecule has 1 amide bonds. The molecule has 14 heteroatoms. The number of methoxy groups -OCH3 is 1. The fourth-order valence-electron chi connectivity index (χ4n) is 5.90. The molecular weight excluding hydrogens is 608 g/mol. The van der Waals surface area contributed by atoms with E-state index in [1.165, 1.54) is 0 Å². The first-order chi connectivity index (χ1) is 23.3. The third kappa shape index (κ3) is 7.72. The van der Waals surface area contributed by atoms with Gasteiger partial charge in [0.05, 0.1) is 30.6 Å². The van der Waals surface area contributed by atoms with Crippen LogP contribution in [-0.4, -0.2) is 110 Å². The van der Waals surface area contributed by atoms with E-state index >= 15 is 0 Å². The average Bonchev–Trinajstić information content (AvgIpc) is 3.83. The Morgan fingerprint density at radius 1 is 1.00 bits per heavy atom. The maximum Gasteiger partial charge on any atom is 0.238 e. The highest BCUT2D eigenvalue weighted by molar-refractivity contribution is 6.06. The van der Waals surface area contributed by atoms with Gasteiger partial charge in [0.2, 0.25) is 23.7 Å². The second-order valence-electron chi connectivity index (χ2n) is 12.3. The number of likely N-dealkylation sites (N-methyl/N-ethyl adjacent to an activating group) is 1. The summed E-state index contributed by atoms with van der Waals surface area (Å²) in [4.78, 5) is 40.4. The Labute approximate surface area is 280 Å². The van der Waals surface area contributed by atoms with Crippen molar-refractivity contribution in [1.29, 1.82) is 0 Å². The van der Waals surface area contributed by atoms with Crippen molar-refractivity contribution in [2.75, 3.05) is 75.5 Å². The number of aromatic amines is 1. The SMILES string of the molecule is COc1ccnc(N2CCN(C)CC2)n1.Cc1cnc(Nc2cc(C)n(C)n2)nc1-c1c[nH]c2c(NC(=O)CN3CCCC3)cccc12. The normalized spacial score (nSPS) is 15.3. The predicted molar refractivity (Wildman–Crippen MR) is 188 cm³/mol. The number of hydrogen-bond acceptors (Lipinski definition) is 11.